The largest absolute Gasteiger partial charge is 0.472 e. The van der Waals surface area contributed by atoms with E-state index in [2.05, 4.69) is 0 Å². The Balaban J connectivity index is 0.000000249. The van der Waals surface area contributed by atoms with E-state index in [-0.39, 0.29) is 0 Å². The van der Waals surface area contributed by atoms with Gasteiger partial charge < -0.3 is 19.7 Å². The van der Waals surface area contributed by atoms with Crippen LogP contribution in [0.2, 0.25) is 0 Å². The third-order valence-corrected chi connectivity index (χ3v) is 1.02. The number of hydrogen-bond acceptors (Lipinski definition) is 4. The van der Waals surface area contributed by atoms with Crippen molar-refractivity contribution in [2.45, 2.75) is 0 Å². The molecule has 78 valence electrons. The summed E-state index contributed by atoms with van der Waals surface area (Å²) in [6, 6.07) is 0. The molecule has 0 aliphatic carbocycles. The molecule has 6 nitrogen and oxygen atoms in total. The van der Waals surface area contributed by atoms with Crippen molar-refractivity contribution in [3.05, 3.63) is 0 Å². The molecule has 0 atom stereocenters. The zero-order valence-corrected chi connectivity index (χ0v) is 7.36. The first-order valence-corrected chi connectivity index (χ1v) is 3.76. The number of hydrogen-bond donors (Lipinski definition) is 2. The minimum Gasteiger partial charge on any atom is -0.472 e. The van der Waals surface area contributed by atoms with Crippen LogP contribution >= 0.6 is 0 Å². The molecule has 14 heavy (non-hydrogen) atoms. The zero-order valence-electron chi connectivity index (χ0n) is 7.36. The van der Waals surface area contributed by atoms with E-state index >= 15 is 0 Å². The third-order valence-electron chi connectivity index (χ3n) is 1.02. The van der Waals surface area contributed by atoms with Crippen molar-refractivity contribution in [2.24, 2.45) is 0 Å². The SMILES string of the molecule is C1COCCO1.O=C(O)C#CC(=O)O. The van der Waals surface area contributed by atoms with Gasteiger partial charge in [0.1, 0.15) is 0 Å². The highest BCUT2D eigenvalue weighted by Crippen LogP contribution is 1.85. The summed E-state index contributed by atoms with van der Waals surface area (Å²) in [4.78, 5) is 18.9. The second-order valence-electron chi connectivity index (χ2n) is 2.09. The predicted molar refractivity (Wildman–Crippen MR) is 44.7 cm³/mol. The molecule has 0 aromatic heterocycles. The van der Waals surface area contributed by atoms with E-state index in [1.54, 1.807) is 0 Å². The Morgan fingerprint density at radius 2 is 1.14 bits per heavy atom. The molecule has 0 amide bonds. The average molecular weight is 202 g/mol. The van der Waals surface area contributed by atoms with E-state index in [1.165, 1.54) is 11.8 Å². The highest BCUT2D eigenvalue weighted by atomic mass is 16.6. The molecular formula is C8H10O6. The molecule has 1 saturated heterocycles. The van der Waals surface area contributed by atoms with Gasteiger partial charge in [-0.15, -0.1) is 0 Å². The minimum atomic E-state index is -1.44. The lowest BCUT2D eigenvalue weighted by atomic mass is 10.6. The summed E-state index contributed by atoms with van der Waals surface area (Å²) in [6.45, 7) is 3.11. The molecular weight excluding hydrogens is 192 g/mol. The lowest BCUT2D eigenvalue weighted by molar-refractivity contribution is -0.132. The van der Waals surface area contributed by atoms with Gasteiger partial charge in [-0.3, -0.25) is 0 Å². The van der Waals surface area contributed by atoms with Crippen LogP contribution in [0.15, 0.2) is 0 Å². The Labute approximate surface area is 80.4 Å². The molecule has 0 saturated carbocycles. The van der Waals surface area contributed by atoms with Crippen molar-refractivity contribution >= 4 is 11.9 Å². The molecule has 1 aliphatic rings. The molecule has 2 N–H and O–H groups in total. The predicted octanol–water partition coefficient (Wildman–Crippen LogP) is -0.808. The Kier molecular flexibility index (Phi) is 7.13. The quantitative estimate of drug-likeness (QED) is 0.499. The average Bonchev–Trinajstić information content (AvgIpc) is 2.18. The van der Waals surface area contributed by atoms with Crippen LogP contribution < -0.4 is 0 Å². The molecule has 0 radical (unpaired) electrons. The maximum Gasteiger partial charge on any atom is 0.382 e. The van der Waals surface area contributed by atoms with Crippen LogP contribution in [0.25, 0.3) is 0 Å². The van der Waals surface area contributed by atoms with Crippen molar-refractivity contribution in [1.29, 1.82) is 0 Å². The van der Waals surface area contributed by atoms with E-state index < -0.39 is 11.9 Å². The molecule has 1 aliphatic heterocycles. The summed E-state index contributed by atoms with van der Waals surface area (Å²) in [5.41, 5.74) is 0. The van der Waals surface area contributed by atoms with Gasteiger partial charge in [0.2, 0.25) is 0 Å². The number of carboxylic acids is 2. The van der Waals surface area contributed by atoms with Crippen molar-refractivity contribution in [1.82, 2.24) is 0 Å². The van der Waals surface area contributed by atoms with E-state index in [1.807, 2.05) is 0 Å². The van der Waals surface area contributed by atoms with Crippen LogP contribution in [-0.2, 0) is 19.1 Å². The third kappa shape index (κ3) is 10.4. The second kappa shape index (κ2) is 8.04. The summed E-state index contributed by atoms with van der Waals surface area (Å²) in [5.74, 6) is -0.0511. The van der Waals surface area contributed by atoms with Gasteiger partial charge in [-0.05, 0) is 0 Å². The van der Waals surface area contributed by atoms with Crippen LogP contribution in [-0.4, -0.2) is 48.6 Å². The fourth-order valence-corrected chi connectivity index (χ4v) is 0.547. The number of ether oxygens (including phenoxy) is 2. The smallest absolute Gasteiger partial charge is 0.382 e. The first kappa shape index (κ1) is 12.4. The van der Waals surface area contributed by atoms with E-state index in [0.29, 0.717) is 0 Å². The summed E-state index contributed by atoms with van der Waals surface area (Å²) in [7, 11) is 0. The molecule has 1 fully saturated rings. The summed E-state index contributed by atoms with van der Waals surface area (Å²) in [5, 5.41) is 15.5. The maximum atomic E-state index is 9.47. The van der Waals surface area contributed by atoms with Gasteiger partial charge in [-0.1, -0.05) is 0 Å². The number of rotatable bonds is 0. The van der Waals surface area contributed by atoms with Gasteiger partial charge in [0.25, 0.3) is 0 Å². The second-order valence-corrected chi connectivity index (χ2v) is 2.09. The zero-order chi connectivity index (χ0) is 10.8. The first-order chi connectivity index (χ1) is 6.63. The fourth-order valence-electron chi connectivity index (χ4n) is 0.547. The van der Waals surface area contributed by atoms with Gasteiger partial charge in [0.05, 0.1) is 26.4 Å². The Bertz CT molecular complexity index is 215. The standard InChI is InChI=1S/C4H2O4.C4H8O2/c5-3(6)1-2-4(7)8;1-2-6-4-3-5-1/h(H,5,6)(H,7,8);1-4H2. The number of carbonyl (C=O) groups is 2. The van der Waals surface area contributed by atoms with Crippen LogP contribution in [0.3, 0.4) is 0 Å². The summed E-state index contributed by atoms with van der Waals surface area (Å²) in [6.07, 6.45) is 0. The molecule has 1 heterocycles. The van der Waals surface area contributed by atoms with E-state index in [4.69, 9.17) is 19.7 Å². The van der Waals surface area contributed by atoms with Crippen molar-refractivity contribution in [2.75, 3.05) is 26.4 Å². The van der Waals surface area contributed by atoms with Gasteiger partial charge >= 0.3 is 11.9 Å². The number of carboxylic acid groups (broad SMARTS) is 2. The summed E-state index contributed by atoms with van der Waals surface area (Å²) >= 11 is 0. The van der Waals surface area contributed by atoms with Gasteiger partial charge in [-0.25, -0.2) is 9.59 Å². The highest BCUT2D eigenvalue weighted by molar-refractivity contribution is 5.96. The minimum absolute atomic E-state index is 0.778. The number of aliphatic carboxylic acids is 2. The van der Waals surface area contributed by atoms with Crippen molar-refractivity contribution in [3.63, 3.8) is 0 Å². The van der Waals surface area contributed by atoms with Crippen LogP contribution in [0, 0.1) is 11.8 Å². The monoisotopic (exact) mass is 202 g/mol. The maximum absolute atomic E-state index is 9.47. The molecule has 6 heteroatoms. The van der Waals surface area contributed by atoms with Crippen LogP contribution in [0.5, 0.6) is 0 Å². The summed E-state index contributed by atoms with van der Waals surface area (Å²) < 4.78 is 9.89. The van der Waals surface area contributed by atoms with Gasteiger partial charge in [0.15, 0.2) is 0 Å². The first-order valence-electron chi connectivity index (χ1n) is 3.76. The molecule has 0 spiro atoms. The normalized spacial score (nSPS) is 14.0. The van der Waals surface area contributed by atoms with Gasteiger partial charge in [-0.2, -0.15) is 0 Å². The molecule has 0 aromatic carbocycles. The molecule has 0 aromatic rings. The molecule has 0 bridgehead atoms. The van der Waals surface area contributed by atoms with E-state index in [0.717, 1.165) is 26.4 Å². The lowest BCUT2D eigenvalue weighted by Crippen LogP contribution is -2.16. The Morgan fingerprint density at radius 3 is 1.29 bits per heavy atom. The van der Waals surface area contributed by atoms with Crippen LogP contribution in [0.1, 0.15) is 0 Å². The van der Waals surface area contributed by atoms with E-state index in [9.17, 15) is 9.59 Å². The van der Waals surface area contributed by atoms with Crippen LogP contribution in [0.4, 0.5) is 0 Å². The van der Waals surface area contributed by atoms with Crippen molar-refractivity contribution < 1.29 is 29.3 Å². The lowest BCUT2D eigenvalue weighted by Gasteiger charge is -2.09. The Hall–Kier alpha value is -1.58. The highest BCUT2D eigenvalue weighted by Gasteiger charge is 1.94. The topological polar surface area (TPSA) is 93.1 Å². The Morgan fingerprint density at radius 1 is 0.857 bits per heavy atom. The molecule has 0 unspecified atom stereocenters. The van der Waals surface area contributed by atoms with Gasteiger partial charge in [0, 0.05) is 11.8 Å². The fraction of sp³-hybridized carbons (Fsp3) is 0.500. The van der Waals surface area contributed by atoms with Crippen molar-refractivity contribution in [3.8, 4) is 11.8 Å². The molecule has 1 rings (SSSR count).